The van der Waals surface area contributed by atoms with Crippen molar-refractivity contribution in [2.45, 2.75) is 20.0 Å². The molecule has 2 aromatic carbocycles. The maximum absolute atomic E-state index is 12.4. The lowest BCUT2D eigenvalue weighted by Gasteiger charge is -2.20. The van der Waals surface area contributed by atoms with E-state index < -0.39 is 0 Å². The highest BCUT2D eigenvalue weighted by Crippen LogP contribution is 2.39. The molecule has 0 spiro atoms. The number of ether oxygens (including phenoxy) is 3. The average molecular weight is 358 g/mol. The Morgan fingerprint density at radius 1 is 0.962 bits per heavy atom. The quantitative estimate of drug-likeness (QED) is 0.824. The Morgan fingerprint density at radius 3 is 2.27 bits per heavy atom. The first-order valence-corrected chi connectivity index (χ1v) is 8.33. The number of amides is 2. The minimum absolute atomic E-state index is 0.162. The van der Waals surface area contributed by atoms with Gasteiger partial charge in [-0.05, 0) is 30.2 Å². The Hall–Kier alpha value is -2.89. The van der Waals surface area contributed by atoms with Crippen molar-refractivity contribution >= 4 is 6.03 Å². The number of aryl methyl sites for hydroxylation is 1. The Kier molecular flexibility index (Phi) is 6.72. The lowest BCUT2D eigenvalue weighted by Crippen LogP contribution is -2.36. The molecule has 26 heavy (non-hydrogen) atoms. The van der Waals surface area contributed by atoms with E-state index in [1.165, 1.54) is 0 Å². The molecule has 0 unspecified atom stereocenters. The fourth-order valence-corrected chi connectivity index (χ4v) is 2.72. The van der Waals surface area contributed by atoms with E-state index in [0.29, 0.717) is 30.3 Å². The van der Waals surface area contributed by atoms with Gasteiger partial charge in [-0.25, -0.2) is 4.79 Å². The van der Waals surface area contributed by atoms with Crippen molar-refractivity contribution in [3.8, 4) is 17.2 Å². The van der Waals surface area contributed by atoms with E-state index in [2.05, 4.69) is 5.32 Å². The summed E-state index contributed by atoms with van der Waals surface area (Å²) in [4.78, 5) is 14.1. The predicted octanol–water partition coefficient (Wildman–Crippen LogP) is 3.36. The number of rotatable bonds is 7. The second-order valence-corrected chi connectivity index (χ2v) is 5.93. The van der Waals surface area contributed by atoms with Gasteiger partial charge in [-0.2, -0.15) is 0 Å². The molecular weight excluding hydrogens is 332 g/mol. The van der Waals surface area contributed by atoms with Gasteiger partial charge < -0.3 is 24.4 Å². The van der Waals surface area contributed by atoms with Crippen LogP contribution in [0.4, 0.5) is 4.79 Å². The molecule has 0 atom stereocenters. The van der Waals surface area contributed by atoms with E-state index in [1.807, 2.05) is 37.3 Å². The van der Waals surface area contributed by atoms with Gasteiger partial charge in [0.05, 0.1) is 21.3 Å². The predicted molar refractivity (Wildman–Crippen MR) is 101 cm³/mol. The maximum Gasteiger partial charge on any atom is 0.317 e. The second-order valence-electron chi connectivity index (χ2n) is 5.93. The van der Waals surface area contributed by atoms with Crippen molar-refractivity contribution < 1.29 is 19.0 Å². The average Bonchev–Trinajstić information content (AvgIpc) is 2.66. The Balaban J connectivity index is 2.06. The van der Waals surface area contributed by atoms with Gasteiger partial charge in [0.2, 0.25) is 5.75 Å². The third-order valence-electron chi connectivity index (χ3n) is 4.23. The molecular formula is C20H26N2O4. The summed E-state index contributed by atoms with van der Waals surface area (Å²) in [5, 5.41) is 2.91. The molecule has 2 amide bonds. The molecule has 0 aliphatic rings. The number of hydrogen-bond donors (Lipinski definition) is 1. The third-order valence-corrected chi connectivity index (χ3v) is 4.23. The van der Waals surface area contributed by atoms with Crippen LogP contribution in [-0.4, -0.2) is 39.3 Å². The molecule has 0 aromatic heterocycles. The number of benzene rings is 2. The Labute approximate surface area is 154 Å². The van der Waals surface area contributed by atoms with E-state index >= 15 is 0 Å². The first-order chi connectivity index (χ1) is 12.5. The minimum Gasteiger partial charge on any atom is -0.493 e. The molecule has 0 radical (unpaired) electrons. The summed E-state index contributed by atoms with van der Waals surface area (Å²) >= 11 is 0. The number of methoxy groups -OCH3 is 3. The summed E-state index contributed by atoms with van der Waals surface area (Å²) < 4.78 is 16.1. The SMILES string of the molecule is COc1ccc(CNC(=O)N(C)Cc2ccccc2C)c(OC)c1OC. The molecule has 0 aliphatic carbocycles. The summed E-state index contributed by atoms with van der Waals surface area (Å²) in [6.45, 7) is 2.90. The molecule has 0 heterocycles. The summed E-state index contributed by atoms with van der Waals surface area (Å²) in [5.41, 5.74) is 3.09. The highest BCUT2D eigenvalue weighted by molar-refractivity contribution is 5.74. The number of hydrogen-bond acceptors (Lipinski definition) is 4. The van der Waals surface area contributed by atoms with Gasteiger partial charge in [0.15, 0.2) is 11.5 Å². The van der Waals surface area contributed by atoms with Crippen molar-refractivity contribution in [2.75, 3.05) is 28.4 Å². The van der Waals surface area contributed by atoms with E-state index in [-0.39, 0.29) is 6.03 Å². The van der Waals surface area contributed by atoms with Crippen LogP contribution in [0.5, 0.6) is 17.2 Å². The van der Waals surface area contributed by atoms with Gasteiger partial charge in [0.1, 0.15) is 0 Å². The Morgan fingerprint density at radius 2 is 1.65 bits per heavy atom. The van der Waals surface area contributed by atoms with Gasteiger partial charge in [-0.1, -0.05) is 24.3 Å². The summed E-state index contributed by atoms with van der Waals surface area (Å²) in [6.07, 6.45) is 0. The van der Waals surface area contributed by atoms with Crippen LogP contribution < -0.4 is 19.5 Å². The van der Waals surface area contributed by atoms with Gasteiger partial charge >= 0.3 is 6.03 Å². The number of nitrogens with one attached hydrogen (secondary N) is 1. The largest absolute Gasteiger partial charge is 0.493 e. The molecule has 140 valence electrons. The Bertz CT molecular complexity index is 761. The van der Waals surface area contributed by atoms with Crippen LogP contribution >= 0.6 is 0 Å². The summed E-state index contributed by atoms with van der Waals surface area (Å²) in [6, 6.07) is 11.5. The summed E-state index contributed by atoms with van der Waals surface area (Å²) in [7, 11) is 6.46. The first-order valence-electron chi connectivity index (χ1n) is 8.33. The highest BCUT2D eigenvalue weighted by atomic mass is 16.5. The van der Waals surface area contributed by atoms with Gasteiger partial charge in [-0.3, -0.25) is 0 Å². The van der Waals surface area contributed by atoms with Crippen molar-refractivity contribution in [3.63, 3.8) is 0 Å². The zero-order chi connectivity index (χ0) is 19.1. The molecule has 0 fully saturated rings. The van der Waals surface area contributed by atoms with Crippen LogP contribution in [0.2, 0.25) is 0 Å². The first kappa shape index (κ1) is 19.4. The molecule has 2 rings (SSSR count). The van der Waals surface area contributed by atoms with Crippen LogP contribution in [0.25, 0.3) is 0 Å². The highest BCUT2D eigenvalue weighted by Gasteiger charge is 2.17. The van der Waals surface area contributed by atoms with Crippen LogP contribution in [-0.2, 0) is 13.1 Å². The molecule has 0 saturated carbocycles. The summed E-state index contributed by atoms with van der Waals surface area (Å²) in [5.74, 6) is 1.64. The molecule has 0 saturated heterocycles. The molecule has 1 N–H and O–H groups in total. The number of urea groups is 1. The van der Waals surface area contributed by atoms with Gasteiger partial charge in [0, 0.05) is 25.7 Å². The fraction of sp³-hybridized carbons (Fsp3) is 0.350. The third kappa shape index (κ3) is 4.39. The van der Waals surface area contributed by atoms with E-state index in [9.17, 15) is 4.79 Å². The lowest BCUT2D eigenvalue weighted by molar-refractivity contribution is 0.206. The van der Waals surface area contributed by atoms with Crippen molar-refractivity contribution in [3.05, 3.63) is 53.1 Å². The lowest BCUT2D eigenvalue weighted by atomic mass is 10.1. The molecule has 0 aliphatic heterocycles. The minimum atomic E-state index is -0.162. The van der Waals surface area contributed by atoms with Crippen LogP contribution in [0.3, 0.4) is 0 Å². The number of nitrogens with zero attached hydrogens (tertiary/aromatic N) is 1. The zero-order valence-electron chi connectivity index (χ0n) is 16.0. The van der Waals surface area contributed by atoms with E-state index in [4.69, 9.17) is 14.2 Å². The van der Waals surface area contributed by atoms with Crippen molar-refractivity contribution in [1.82, 2.24) is 10.2 Å². The van der Waals surface area contributed by atoms with E-state index in [1.54, 1.807) is 39.3 Å². The van der Waals surface area contributed by atoms with Crippen molar-refractivity contribution in [2.24, 2.45) is 0 Å². The molecule has 0 bridgehead atoms. The maximum atomic E-state index is 12.4. The standard InChI is InChI=1S/C20H26N2O4/c1-14-8-6-7-9-16(14)13-22(2)20(23)21-12-15-10-11-17(24-3)19(26-5)18(15)25-4/h6-11H,12-13H2,1-5H3,(H,21,23). The molecule has 6 heteroatoms. The van der Waals surface area contributed by atoms with Crippen molar-refractivity contribution in [1.29, 1.82) is 0 Å². The number of carbonyl (C=O) groups is 1. The fourth-order valence-electron chi connectivity index (χ4n) is 2.72. The number of carbonyl (C=O) groups excluding carboxylic acids is 1. The molecule has 6 nitrogen and oxygen atoms in total. The normalized spacial score (nSPS) is 10.2. The van der Waals surface area contributed by atoms with Gasteiger partial charge in [0.25, 0.3) is 0 Å². The van der Waals surface area contributed by atoms with E-state index in [0.717, 1.165) is 16.7 Å². The van der Waals surface area contributed by atoms with Crippen LogP contribution in [0.1, 0.15) is 16.7 Å². The van der Waals surface area contributed by atoms with Crippen LogP contribution in [0, 0.1) is 6.92 Å². The van der Waals surface area contributed by atoms with Crippen LogP contribution in [0.15, 0.2) is 36.4 Å². The monoisotopic (exact) mass is 358 g/mol. The smallest absolute Gasteiger partial charge is 0.317 e. The topological polar surface area (TPSA) is 60.0 Å². The van der Waals surface area contributed by atoms with Gasteiger partial charge in [-0.15, -0.1) is 0 Å². The zero-order valence-corrected chi connectivity index (χ0v) is 16.0. The second kappa shape index (κ2) is 8.99. The molecule has 2 aromatic rings.